The fourth-order valence-electron chi connectivity index (χ4n) is 2.92. The molecular formula is C19H16F4N4O4. The number of hydrogen-bond acceptors (Lipinski definition) is 6. The molecule has 8 nitrogen and oxygen atoms in total. The predicted octanol–water partition coefficient (Wildman–Crippen LogP) is 2.72. The van der Waals surface area contributed by atoms with Crippen LogP contribution in [0.3, 0.4) is 0 Å². The summed E-state index contributed by atoms with van der Waals surface area (Å²) in [6, 6.07) is 6.41. The molecule has 0 saturated carbocycles. The molecule has 0 spiro atoms. The van der Waals surface area contributed by atoms with Crippen LogP contribution in [0.1, 0.15) is 18.5 Å². The van der Waals surface area contributed by atoms with Crippen molar-refractivity contribution in [1.82, 2.24) is 20.3 Å². The number of rotatable bonds is 6. The van der Waals surface area contributed by atoms with Crippen LogP contribution in [0.2, 0.25) is 0 Å². The van der Waals surface area contributed by atoms with Crippen molar-refractivity contribution >= 4 is 16.8 Å². The maximum Gasteiger partial charge on any atom is 0.573 e. The van der Waals surface area contributed by atoms with Gasteiger partial charge in [-0.25, -0.2) is 9.07 Å². The molecule has 1 atom stereocenters. The highest BCUT2D eigenvalue weighted by Crippen LogP contribution is 2.26. The Morgan fingerprint density at radius 2 is 2.00 bits per heavy atom. The zero-order chi connectivity index (χ0) is 22.8. The molecule has 3 aromatic rings. The number of carbonyl (C=O) groups is 1. The molecule has 2 aromatic carbocycles. The Morgan fingerprint density at radius 3 is 2.65 bits per heavy atom. The lowest BCUT2D eigenvalue weighted by molar-refractivity contribution is -0.274. The highest BCUT2D eigenvalue weighted by atomic mass is 19.4. The molecule has 1 aromatic heterocycles. The molecule has 12 heteroatoms. The summed E-state index contributed by atoms with van der Waals surface area (Å²) in [5.41, 5.74) is -0.385. The third kappa shape index (κ3) is 5.08. The number of nitrogens with zero attached hydrogens (tertiary/aromatic N) is 3. The van der Waals surface area contributed by atoms with E-state index in [-0.39, 0.29) is 22.2 Å². The van der Waals surface area contributed by atoms with Gasteiger partial charge < -0.3 is 14.8 Å². The Labute approximate surface area is 172 Å². The number of nitrogens with one attached hydrogen (secondary N) is 1. The molecule has 0 aliphatic heterocycles. The van der Waals surface area contributed by atoms with Crippen molar-refractivity contribution < 1.29 is 31.8 Å². The average Bonchev–Trinajstić information content (AvgIpc) is 2.68. The normalized spacial score (nSPS) is 12.5. The maximum absolute atomic E-state index is 14.2. The second-order valence-electron chi connectivity index (χ2n) is 6.43. The van der Waals surface area contributed by atoms with E-state index in [1.807, 2.05) is 0 Å². The first-order valence-electron chi connectivity index (χ1n) is 8.84. The summed E-state index contributed by atoms with van der Waals surface area (Å²) in [4.78, 5) is 25.0. The molecule has 0 unspecified atom stereocenters. The Bertz CT molecular complexity index is 1180. The number of halogens is 4. The topological polar surface area (TPSA) is 95.3 Å². The third-order valence-electron chi connectivity index (χ3n) is 4.28. The fraction of sp³-hybridized carbons (Fsp3) is 0.263. The molecule has 1 N–H and O–H groups in total. The van der Waals surface area contributed by atoms with E-state index in [0.29, 0.717) is 6.07 Å². The highest BCUT2D eigenvalue weighted by Gasteiger charge is 2.31. The lowest BCUT2D eigenvalue weighted by Crippen LogP contribution is -2.35. The Kier molecular flexibility index (Phi) is 6.09. The Balaban J connectivity index is 1.75. The molecule has 0 aliphatic carbocycles. The second kappa shape index (κ2) is 8.58. The van der Waals surface area contributed by atoms with Crippen molar-refractivity contribution in [1.29, 1.82) is 0 Å². The lowest BCUT2D eigenvalue weighted by Gasteiger charge is -2.16. The van der Waals surface area contributed by atoms with Gasteiger partial charge >= 0.3 is 6.36 Å². The van der Waals surface area contributed by atoms with Crippen LogP contribution in [0.15, 0.2) is 41.2 Å². The van der Waals surface area contributed by atoms with Gasteiger partial charge in [-0.2, -0.15) is 0 Å². The van der Waals surface area contributed by atoms with Crippen LogP contribution < -0.4 is 20.3 Å². The van der Waals surface area contributed by atoms with Crippen LogP contribution in [-0.2, 0) is 11.3 Å². The van der Waals surface area contributed by atoms with Crippen molar-refractivity contribution in [2.75, 3.05) is 7.11 Å². The van der Waals surface area contributed by atoms with E-state index in [1.165, 1.54) is 14.0 Å². The molecule has 0 radical (unpaired) electrons. The molecule has 1 heterocycles. The van der Waals surface area contributed by atoms with Gasteiger partial charge in [0.25, 0.3) is 5.56 Å². The molecule has 0 fully saturated rings. The van der Waals surface area contributed by atoms with Gasteiger partial charge in [-0.15, -0.1) is 18.3 Å². The number of hydrogen-bond donors (Lipinski definition) is 1. The molecule has 0 saturated heterocycles. The van der Waals surface area contributed by atoms with Crippen LogP contribution in [0.25, 0.3) is 10.9 Å². The van der Waals surface area contributed by atoms with E-state index < -0.39 is 42.0 Å². The molecule has 1 amide bonds. The van der Waals surface area contributed by atoms with Gasteiger partial charge in [0.2, 0.25) is 5.91 Å². The molecular weight excluding hydrogens is 424 g/mol. The van der Waals surface area contributed by atoms with E-state index in [0.717, 1.165) is 16.8 Å². The van der Waals surface area contributed by atoms with E-state index in [2.05, 4.69) is 20.4 Å². The van der Waals surface area contributed by atoms with E-state index in [1.54, 1.807) is 18.2 Å². The Morgan fingerprint density at radius 1 is 1.26 bits per heavy atom. The van der Waals surface area contributed by atoms with E-state index in [4.69, 9.17) is 4.74 Å². The van der Waals surface area contributed by atoms with Crippen LogP contribution in [0.5, 0.6) is 11.5 Å². The number of benzene rings is 2. The largest absolute Gasteiger partial charge is 0.573 e. The van der Waals surface area contributed by atoms with Crippen LogP contribution in [0, 0.1) is 5.82 Å². The van der Waals surface area contributed by atoms with Gasteiger partial charge in [0.15, 0.2) is 0 Å². The third-order valence-corrected chi connectivity index (χ3v) is 4.28. The molecule has 164 valence electrons. The number of carbonyl (C=O) groups excluding carboxylic acids is 1. The SMILES string of the molecule is COc1cccc2nnn(CC(=O)N[C@@H](C)c3ccc(OC(F)(F)F)cc3F)c(=O)c12. The summed E-state index contributed by atoms with van der Waals surface area (Å²) in [5.74, 6) is -2.14. The summed E-state index contributed by atoms with van der Waals surface area (Å²) < 4.78 is 60.5. The Hall–Kier alpha value is -3.70. The number of alkyl halides is 3. The fourth-order valence-corrected chi connectivity index (χ4v) is 2.92. The zero-order valence-corrected chi connectivity index (χ0v) is 16.2. The van der Waals surface area contributed by atoms with Crippen molar-refractivity contribution in [3.63, 3.8) is 0 Å². The first kappa shape index (κ1) is 22.0. The number of amides is 1. The number of aromatic nitrogens is 3. The van der Waals surface area contributed by atoms with Gasteiger partial charge in [-0.05, 0) is 25.1 Å². The first-order valence-corrected chi connectivity index (χ1v) is 8.84. The highest BCUT2D eigenvalue weighted by molar-refractivity contribution is 5.84. The standard InChI is InChI=1S/C19H16F4N4O4/c1-10(12-7-6-11(8-13(12)20)31-19(21,22)23)24-16(28)9-27-18(29)17-14(25-26-27)4-3-5-15(17)30-2/h3-8,10H,9H2,1-2H3,(H,24,28)/t10-/m0/s1. The average molecular weight is 440 g/mol. The minimum absolute atomic E-state index is 0.0681. The minimum Gasteiger partial charge on any atom is -0.496 e. The van der Waals surface area contributed by atoms with Crippen molar-refractivity contribution in [3.05, 3.63) is 58.1 Å². The van der Waals surface area contributed by atoms with Gasteiger partial charge in [-0.1, -0.05) is 17.3 Å². The molecule has 3 rings (SSSR count). The number of ether oxygens (including phenoxy) is 2. The lowest BCUT2D eigenvalue weighted by atomic mass is 10.1. The summed E-state index contributed by atoms with van der Waals surface area (Å²) in [6.45, 7) is 0.916. The summed E-state index contributed by atoms with van der Waals surface area (Å²) >= 11 is 0. The van der Waals surface area contributed by atoms with Crippen molar-refractivity contribution in [2.45, 2.75) is 25.9 Å². The maximum atomic E-state index is 14.2. The number of methoxy groups -OCH3 is 1. The van der Waals surface area contributed by atoms with E-state index in [9.17, 15) is 27.2 Å². The second-order valence-corrected chi connectivity index (χ2v) is 6.43. The smallest absolute Gasteiger partial charge is 0.496 e. The van der Waals surface area contributed by atoms with Gasteiger partial charge in [-0.3, -0.25) is 9.59 Å². The van der Waals surface area contributed by atoms with Crippen molar-refractivity contribution in [2.24, 2.45) is 0 Å². The van der Waals surface area contributed by atoms with Crippen LogP contribution >= 0.6 is 0 Å². The molecule has 0 aliphatic rings. The molecule has 0 bridgehead atoms. The first-order chi connectivity index (χ1) is 14.6. The van der Waals surface area contributed by atoms with Crippen molar-refractivity contribution in [3.8, 4) is 11.5 Å². The summed E-state index contributed by atoms with van der Waals surface area (Å²) in [7, 11) is 1.38. The van der Waals surface area contributed by atoms with Crippen LogP contribution in [0.4, 0.5) is 17.6 Å². The number of fused-ring (bicyclic) bond motifs is 1. The zero-order valence-electron chi connectivity index (χ0n) is 16.2. The predicted molar refractivity (Wildman–Crippen MR) is 100.0 cm³/mol. The minimum atomic E-state index is -4.95. The van der Waals surface area contributed by atoms with E-state index >= 15 is 0 Å². The van der Waals surface area contributed by atoms with Gasteiger partial charge in [0.1, 0.15) is 34.8 Å². The molecule has 31 heavy (non-hydrogen) atoms. The van der Waals surface area contributed by atoms with Crippen LogP contribution in [-0.4, -0.2) is 34.4 Å². The summed E-state index contributed by atoms with van der Waals surface area (Å²) in [6.07, 6.45) is -4.95. The quantitative estimate of drug-likeness (QED) is 0.593. The van der Waals surface area contributed by atoms with Gasteiger partial charge in [0.05, 0.1) is 13.2 Å². The van der Waals surface area contributed by atoms with Gasteiger partial charge in [0, 0.05) is 11.6 Å². The monoisotopic (exact) mass is 440 g/mol. The summed E-state index contributed by atoms with van der Waals surface area (Å²) in [5, 5.41) is 10.2.